The van der Waals surface area contributed by atoms with Crippen molar-refractivity contribution in [3.63, 3.8) is 0 Å². The van der Waals surface area contributed by atoms with E-state index in [0.717, 1.165) is 44.5 Å². The minimum atomic E-state index is -0.358. The van der Waals surface area contributed by atoms with Crippen molar-refractivity contribution < 1.29 is 0 Å². The van der Waals surface area contributed by atoms with Crippen LogP contribution in [-0.2, 0) is 5.41 Å². The van der Waals surface area contributed by atoms with Gasteiger partial charge in [0.05, 0.1) is 11.0 Å². The van der Waals surface area contributed by atoms with Gasteiger partial charge in [0.25, 0.3) is 0 Å². The summed E-state index contributed by atoms with van der Waals surface area (Å²) < 4.78 is 2.44. The van der Waals surface area contributed by atoms with E-state index < -0.39 is 0 Å². The topological polar surface area (TPSA) is 43.6 Å². The van der Waals surface area contributed by atoms with E-state index in [1.165, 1.54) is 60.8 Å². The molecule has 4 heteroatoms. The summed E-state index contributed by atoms with van der Waals surface area (Å²) in [5.74, 6) is 1.92. The Balaban J connectivity index is 1.15. The van der Waals surface area contributed by atoms with Crippen LogP contribution in [0.1, 0.15) is 41.7 Å². The monoisotopic (exact) mass is 862 g/mol. The maximum atomic E-state index is 5.26. The summed E-state index contributed by atoms with van der Waals surface area (Å²) >= 11 is 0. The second-order valence-electron chi connectivity index (χ2n) is 18.2. The molecule has 0 saturated carbocycles. The number of benzene rings is 9. The van der Waals surface area contributed by atoms with Crippen molar-refractivity contribution in [2.75, 3.05) is 0 Å². The largest absolute Gasteiger partial charge is 0.309 e. The van der Waals surface area contributed by atoms with Gasteiger partial charge >= 0.3 is 0 Å². The Kier molecular flexibility index (Phi) is 10.5. The first-order valence-corrected chi connectivity index (χ1v) is 23.1. The van der Waals surface area contributed by atoms with E-state index in [-0.39, 0.29) is 5.41 Å². The maximum absolute atomic E-state index is 5.26. The first-order chi connectivity index (χ1) is 32.7. The molecule has 9 aromatic carbocycles. The van der Waals surface area contributed by atoms with Gasteiger partial charge < -0.3 is 4.57 Å². The van der Waals surface area contributed by atoms with E-state index in [1.54, 1.807) is 0 Å². The molecule has 322 valence electrons. The van der Waals surface area contributed by atoms with Gasteiger partial charge in [-0.2, -0.15) is 0 Å². The average Bonchev–Trinajstić information content (AvgIpc) is 3.70. The highest BCUT2D eigenvalue weighted by atomic mass is 15.0. The Hall–Kier alpha value is -8.21. The predicted octanol–water partition coefficient (Wildman–Crippen LogP) is 16.2. The SMILES string of the molecule is Cc1ccc(-n2c3ccc(-c4ccccc4)cc3c3cc(-c4ccccc4)ccc32)cc1-c1cc(-c2nc(-c3ccccc3)nc(-c3ccccc3)n2)cc(C(C)(C)c2ccccc2C)c1C. The summed E-state index contributed by atoms with van der Waals surface area (Å²) in [6, 6.07) is 76.0. The fourth-order valence-corrected chi connectivity index (χ4v) is 10.1. The Morgan fingerprint density at radius 1 is 0.343 bits per heavy atom. The Morgan fingerprint density at radius 3 is 1.31 bits per heavy atom. The van der Waals surface area contributed by atoms with Gasteiger partial charge in [-0.25, -0.2) is 15.0 Å². The van der Waals surface area contributed by atoms with E-state index in [2.05, 4.69) is 215 Å². The second kappa shape index (κ2) is 17.0. The van der Waals surface area contributed by atoms with E-state index in [9.17, 15) is 0 Å². The highest BCUT2D eigenvalue weighted by Gasteiger charge is 2.29. The van der Waals surface area contributed by atoms with Gasteiger partial charge in [0.2, 0.25) is 0 Å². The zero-order chi connectivity index (χ0) is 45.6. The first kappa shape index (κ1) is 41.5. The summed E-state index contributed by atoms with van der Waals surface area (Å²) in [6.45, 7) is 11.4. The molecule has 0 aliphatic heterocycles. The molecule has 11 aromatic rings. The molecule has 0 aliphatic rings. The van der Waals surface area contributed by atoms with E-state index in [1.807, 2.05) is 36.4 Å². The van der Waals surface area contributed by atoms with Crippen molar-refractivity contribution in [1.29, 1.82) is 0 Å². The molecular weight excluding hydrogens is 813 g/mol. The summed E-state index contributed by atoms with van der Waals surface area (Å²) in [6.07, 6.45) is 0. The zero-order valence-electron chi connectivity index (χ0n) is 38.5. The van der Waals surface area contributed by atoms with Crippen molar-refractivity contribution >= 4 is 21.8 Å². The summed E-state index contributed by atoms with van der Waals surface area (Å²) in [5.41, 5.74) is 19.2. The normalized spacial score (nSPS) is 11.7. The van der Waals surface area contributed by atoms with Crippen LogP contribution < -0.4 is 0 Å². The smallest absolute Gasteiger partial charge is 0.164 e. The lowest BCUT2D eigenvalue weighted by molar-refractivity contribution is 0.632. The van der Waals surface area contributed by atoms with Crippen molar-refractivity contribution in [2.45, 2.75) is 40.0 Å². The lowest BCUT2D eigenvalue weighted by Gasteiger charge is -2.31. The van der Waals surface area contributed by atoms with Crippen LogP contribution in [0.25, 0.3) is 95.0 Å². The third-order valence-electron chi connectivity index (χ3n) is 13.6. The van der Waals surface area contributed by atoms with Crippen LogP contribution in [0.5, 0.6) is 0 Å². The van der Waals surface area contributed by atoms with E-state index in [4.69, 9.17) is 15.0 Å². The second-order valence-corrected chi connectivity index (χ2v) is 18.2. The molecule has 11 rings (SSSR count). The van der Waals surface area contributed by atoms with Gasteiger partial charge in [0.1, 0.15) is 0 Å². The van der Waals surface area contributed by atoms with Crippen LogP contribution in [0.4, 0.5) is 0 Å². The molecule has 67 heavy (non-hydrogen) atoms. The lowest BCUT2D eigenvalue weighted by atomic mass is 9.72. The van der Waals surface area contributed by atoms with Crippen LogP contribution in [0.3, 0.4) is 0 Å². The van der Waals surface area contributed by atoms with Crippen molar-refractivity contribution in [3.8, 4) is 73.2 Å². The van der Waals surface area contributed by atoms with E-state index in [0.29, 0.717) is 17.5 Å². The zero-order valence-corrected chi connectivity index (χ0v) is 38.5. The van der Waals surface area contributed by atoms with Crippen LogP contribution in [0.2, 0.25) is 0 Å². The molecule has 0 atom stereocenters. The molecule has 0 spiro atoms. The number of hydrogen-bond donors (Lipinski definition) is 0. The van der Waals surface area contributed by atoms with Crippen LogP contribution in [0.15, 0.2) is 212 Å². The number of fused-ring (bicyclic) bond motifs is 3. The van der Waals surface area contributed by atoms with Crippen LogP contribution in [0, 0.1) is 20.8 Å². The molecule has 2 heterocycles. The highest BCUT2D eigenvalue weighted by molar-refractivity contribution is 6.11. The Labute approximate surface area is 393 Å². The van der Waals surface area contributed by atoms with Crippen molar-refractivity contribution in [2.24, 2.45) is 0 Å². The number of nitrogens with zero attached hydrogens (tertiary/aromatic N) is 4. The predicted molar refractivity (Wildman–Crippen MR) is 280 cm³/mol. The minimum absolute atomic E-state index is 0.358. The van der Waals surface area contributed by atoms with Gasteiger partial charge in [0, 0.05) is 38.6 Å². The van der Waals surface area contributed by atoms with Gasteiger partial charge in [0.15, 0.2) is 17.5 Å². The maximum Gasteiger partial charge on any atom is 0.164 e. The highest BCUT2D eigenvalue weighted by Crippen LogP contribution is 2.44. The number of hydrogen-bond acceptors (Lipinski definition) is 3. The van der Waals surface area contributed by atoms with E-state index >= 15 is 0 Å². The number of rotatable bonds is 9. The average molecular weight is 863 g/mol. The lowest BCUT2D eigenvalue weighted by Crippen LogP contribution is -2.22. The third-order valence-corrected chi connectivity index (χ3v) is 13.6. The van der Waals surface area contributed by atoms with Gasteiger partial charge in [-0.3, -0.25) is 0 Å². The summed E-state index contributed by atoms with van der Waals surface area (Å²) in [7, 11) is 0. The molecule has 0 fully saturated rings. The molecule has 0 N–H and O–H groups in total. The molecule has 0 radical (unpaired) electrons. The van der Waals surface area contributed by atoms with Crippen LogP contribution in [-0.4, -0.2) is 19.5 Å². The van der Waals surface area contributed by atoms with Crippen LogP contribution >= 0.6 is 0 Å². The molecular formula is C63H50N4. The van der Waals surface area contributed by atoms with Gasteiger partial charge in [-0.1, -0.05) is 178 Å². The molecule has 0 bridgehead atoms. The van der Waals surface area contributed by atoms with Crippen molar-refractivity contribution in [3.05, 3.63) is 240 Å². The fourth-order valence-electron chi connectivity index (χ4n) is 10.1. The minimum Gasteiger partial charge on any atom is -0.309 e. The summed E-state index contributed by atoms with van der Waals surface area (Å²) in [4.78, 5) is 15.6. The quantitative estimate of drug-likeness (QED) is 0.145. The fraction of sp³-hybridized carbons (Fsp3) is 0.0952. The first-order valence-electron chi connectivity index (χ1n) is 23.1. The number of aromatic nitrogens is 4. The molecule has 0 saturated heterocycles. The van der Waals surface area contributed by atoms with Crippen molar-refractivity contribution in [1.82, 2.24) is 19.5 Å². The molecule has 0 amide bonds. The Bertz CT molecular complexity index is 3460. The standard InChI is InChI=1S/C63H50N4/c1-41-30-33-51(67-58-34-31-48(44-21-10-6-11-22-44)36-54(58)55-37-49(32-35-59(55)67)45-23-12-7-13-24-45)40-52(41)53-38-50(39-57(43(53)3)63(4,5)56-29-19-18-20-42(56)2)62-65-60(46-25-14-8-15-26-46)64-61(66-62)47-27-16-9-17-28-47/h6-40H,1-5H3. The molecule has 2 aromatic heterocycles. The number of aryl methyl sites for hydroxylation is 2. The Morgan fingerprint density at radius 2 is 0.806 bits per heavy atom. The third kappa shape index (κ3) is 7.61. The van der Waals surface area contributed by atoms with Gasteiger partial charge in [-0.15, -0.1) is 0 Å². The molecule has 0 aliphatic carbocycles. The van der Waals surface area contributed by atoms with Gasteiger partial charge in [-0.05, 0) is 131 Å². The summed E-state index contributed by atoms with van der Waals surface area (Å²) in [5, 5.41) is 2.44. The molecule has 0 unspecified atom stereocenters. The molecule has 4 nitrogen and oxygen atoms in total.